The zero-order valence-electron chi connectivity index (χ0n) is 12.2. The first-order valence-electron chi connectivity index (χ1n) is 6.97. The van der Waals surface area contributed by atoms with Crippen molar-refractivity contribution < 1.29 is 9.84 Å². The monoisotopic (exact) mass is 303 g/mol. The summed E-state index contributed by atoms with van der Waals surface area (Å²) < 4.78 is 5.01. The third-order valence-electron chi connectivity index (χ3n) is 3.03. The zero-order chi connectivity index (χ0) is 14.9. The van der Waals surface area contributed by atoms with Crippen molar-refractivity contribution in [1.82, 2.24) is 5.32 Å². The molecule has 0 aromatic heterocycles. The smallest absolute Gasteiger partial charge is 0.115 e. The molecule has 0 aliphatic heterocycles. The lowest BCUT2D eigenvalue weighted by Crippen LogP contribution is -2.18. The van der Waals surface area contributed by atoms with Crippen molar-refractivity contribution in [2.45, 2.75) is 17.2 Å². The number of phenolic OH excluding ortho intramolecular Hbond substituents is 1. The summed E-state index contributed by atoms with van der Waals surface area (Å²) in [5.74, 6) is 1.18. The van der Waals surface area contributed by atoms with Gasteiger partial charge >= 0.3 is 0 Å². The Balaban J connectivity index is 1.86. The maximum Gasteiger partial charge on any atom is 0.115 e. The molecule has 0 bridgehead atoms. The van der Waals surface area contributed by atoms with Crippen molar-refractivity contribution in [3.8, 4) is 5.75 Å². The number of methoxy groups -OCH3 is 1. The number of thioether (sulfide) groups is 1. The van der Waals surface area contributed by atoms with E-state index in [1.54, 1.807) is 24.9 Å². The van der Waals surface area contributed by atoms with Gasteiger partial charge in [0, 0.05) is 30.8 Å². The Morgan fingerprint density at radius 2 is 1.90 bits per heavy atom. The highest BCUT2D eigenvalue weighted by Gasteiger charge is 1.99. The van der Waals surface area contributed by atoms with E-state index in [-0.39, 0.29) is 0 Å². The molecule has 112 valence electrons. The van der Waals surface area contributed by atoms with Crippen LogP contribution in [0.2, 0.25) is 0 Å². The molecule has 2 rings (SSSR count). The third kappa shape index (κ3) is 5.79. The number of benzene rings is 2. The molecule has 0 spiro atoms. The highest BCUT2D eigenvalue weighted by Crippen LogP contribution is 2.25. The Hall–Kier alpha value is -1.49. The first-order chi connectivity index (χ1) is 10.3. The fourth-order valence-corrected chi connectivity index (χ4v) is 2.89. The van der Waals surface area contributed by atoms with E-state index in [4.69, 9.17) is 4.74 Å². The molecule has 0 heterocycles. The van der Waals surface area contributed by atoms with Gasteiger partial charge in [-0.2, -0.15) is 0 Å². The molecule has 0 saturated carbocycles. The molecule has 2 N–H and O–H groups in total. The summed E-state index contributed by atoms with van der Waals surface area (Å²) in [5.41, 5.74) is 2.40. The fourth-order valence-electron chi connectivity index (χ4n) is 1.97. The maximum absolute atomic E-state index is 9.47. The molecule has 3 nitrogen and oxygen atoms in total. The summed E-state index contributed by atoms with van der Waals surface area (Å²) in [6, 6.07) is 15.9. The van der Waals surface area contributed by atoms with Gasteiger partial charge in [0.15, 0.2) is 0 Å². The number of ether oxygens (including phenoxy) is 1. The molecular weight excluding hydrogens is 282 g/mol. The molecule has 0 aliphatic rings. The summed E-state index contributed by atoms with van der Waals surface area (Å²) >= 11 is 1.78. The number of hydrogen-bond donors (Lipinski definition) is 2. The number of nitrogens with one attached hydrogen (secondary N) is 1. The van der Waals surface area contributed by atoms with Crippen LogP contribution in [0.25, 0.3) is 0 Å². The predicted molar refractivity (Wildman–Crippen MR) is 87.7 cm³/mol. The van der Waals surface area contributed by atoms with E-state index in [1.165, 1.54) is 10.5 Å². The van der Waals surface area contributed by atoms with Crippen molar-refractivity contribution in [2.24, 2.45) is 0 Å². The fraction of sp³-hybridized carbons (Fsp3) is 0.294. The first kappa shape index (κ1) is 15.9. The van der Waals surface area contributed by atoms with Gasteiger partial charge in [-0.3, -0.25) is 0 Å². The van der Waals surface area contributed by atoms with E-state index in [0.29, 0.717) is 5.75 Å². The van der Waals surface area contributed by atoms with Gasteiger partial charge < -0.3 is 15.2 Å². The normalized spacial score (nSPS) is 10.7. The van der Waals surface area contributed by atoms with Crippen LogP contribution in [0.3, 0.4) is 0 Å². The summed E-state index contributed by atoms with van der Waals surface area (Å²) in [6.45, 7) is 2.44. The van der Waals surface area contributed by atoms with Crippen LogP contribution in [0.15, 0.2) is 53.4 Å². The van der Waals surface area contributed by atoms with E-state index in [1.807, 2.05) is 18.2 Å². The van der Waals surface area contributed by atoms with Crippen molar-refractivity contribution in [1.29, 1.82) is 0 Å². The predicted octanol–water partition coefficient (Wildman–Crippen LogP) is 3.42. The highest BCUT2D eigenvalue weighted by atomic mass is 32.2. The molecule has 0 amide bonds. The van der Waals surface area contributed by atoms with Gasteiger partial charge in [0.1, 0.15) is 5.75 Å². The lowest BCUT2D eigenvalue weighted by atomic mass is 10.2. The summed E-state index contributed by atoms with van der Waals surface area (Å²) in [7, 11) is 1.71. The number of rotatable bonds is 8. The van der Waals surface area contributed by atoms with E-state index in [0.717, 1.165) is 31.0 Å². The molecule has 0 saturated heterocycles. The van der Waals surface area contributed by atoms with Gasteiger partial charge in [-0.05, 0) is 35.4 Å². The minimum absolute atomic E-state index is 0.323. The number of phenols is 1. The minimum atomic E-state index is 0.323. The molecule has 4 heteroatoms. The highest BCUT2D eigenvalue weighted by molar-refractivity contribution is 7.98. The molecular formula is C17H21NO2S. The molecule has 0 aliphatic carbocycles. The molecule has 0 radical (unpaired) electrons. The first-order valence-corrected chi connectivity index (χ1v) is 7.96. The zero-order valence-corrected chi connectivity index (χ0v) is 13.0. The van der Waals surface area contributed by atoms with E-state index >= 15 is 0 Å². The van der Waals surface area contributed by atoms with Gasteiger partial charge in [0.05, 0.1) is 6.61 Å². The van der Waals surface area contributed by atoms with Crippen LogP contribution in [0.1, 0.15) is 11.1 Å². The lowest BCUT2D eigenvalue weighted by molar-refractivity contribution is 0.199. The van der Waals surface area contributed by atoms with E-state index in [2.05, 4.69) is 29.6 Å². The standard InChI is InChI=1S/C17H21NO2S/c1-20-9-8-18-12-14-4-3-7-17(11-14)21-13-15-5-2-6-16(19)10-15/h2-7,10-11,18-19H,8-9,12-13H2,1H3. The van der Waals surface area contributed by atoms with E-state index < -0.39 is 0 Å². The Bertz CT molecular complexity index is 560. The molecule has 2 aromatic carbocycles. The lowest BCUT2D eigenvalue weighted by Gasteiger charge is -2.07. The van der Waals surface area contributed by atoms with Crippen LogP contribution in [0.5, 0.6) is 5.75 Å². The topological polar surface area (TPSA) is 41.5 Å². The second-order valence-electron chi connectivity index (χ2n) is 4.78. The SMILES string of the molecule is COCCNCc1cccc(SCc2cccc(O)c2)c1. The Kier molecular flexibility index (Phi) is 6.60. The average molecular weight is 303 g/mol. The molecule has 0 unspecified atom stereocenters. The van der Waals surface area contributed by atoms with Crippen LogP contribution in [-0.4, -0.2) is 25.4 Å². The Morgan fingerprint density at radius 3 is 2.71 bits per heavy atom. The van der Waals surface area contributed by atoms with Crippen LogP contribution < -0.4 is 5.32 Å². The second-order valence-corrected chi connectivity index (χ2v) is 5.82. The van der Waals surface area contributed by atoms with Crippen molar-refractivity contribution in [3.05, 3.63) is 59.7 Å². The van der Waals surface area contributed by atoms with Gasteiger partial charge in [-0.1, -0.05) is 24.3 Å². The molecule has 2 aromatic rings. The summed E-state index contributed by atoms with van der Waals surface area (Å²) in [6.07, 6.45) is 0. The molecule has 0 fully saturated rings. The summed E-state index contributed by atoms with van der Waals surface area (Å²) in [5, 5.41) is 12.8. The Morgan fingerprint density at radius 1 is 1.10 bits per heavy atom. The van der Waals surface area contributed by atoms with Gasteiger partial charge in [0.2, 0.25) is 0 Å². The maximum atomic E-state index is 9.47. The van der Waals surface area contributed by atoms with Crippen molar-refractivity contribution >= 4 is 11.8 Å². The minimum Gasteiger partial charge on any atom is -0.508 e. The van der Waals surface area contributed by atoms with Gasteiger partial charge in [-0.25, -0.2) is 0 Å². The van der Waals surface area contributed by atoms with Crippen LogP contribution in [-0.2, 0) is 17.0 Å². The summed E-state index contributed by atoms with van der Waals surface area (Å²) in [4.78, 5) is 1.24. The third-order valence-corrected chi connectivity index (χ3v) is 4.09. The van der Waals surface area contributed by atoms with Gasteiger partial charge in [0.25, 0.3) is 0 Å². The molecule has 0 atom stereocenters. The van der Waals surface area contributed by atoms with Crippen molar-refractivity contribution in [2.75, 3.05) is 20.3 Å². The molecule has 21 heavy (non-hydrogen) atoms. The van der Waals surface area contributed by atoms with Crippen molar-refractivity contribution in [3.63, 3.8) is 0 Å². The Labute approximate surface area is 130 Å². The quantitative estimate of drug-likeness (QED) is 0.579. The second kappa shape index (κ2) is 8.72. The number of hydrogen-bond acceptors (Lipinski definition) is 4. The average Bonchev–Trinajstić information content (AvgIpc) is 2.50. The van der Waals surface area contributed by atoms with E-state index in [9.17, 15) is 5.11 Å². The number of aromatic hydroxyl groups is 1. The van der Waals surface area contributed by atoms with Crippen LogP contribution in [0, 0.1) is 0 Å². The van der Waals surface area contributed by atoms with Crippen LogP contribution >= 0.6 is 11.8 Å². The van der Waals surface area contributed by atoms with Gasteiger partial charge in [-0.15, -0.1) is 11.8 Å². The largest absolute Gasteiger partial charge is 0.508 e. The van der Waals surface area contributed by atoms with Crippen LogP contribution in [0.4, 0.5) is 0 Å².